The molecular formula is C17H10ClNO2S. The SMILES string of the molecule is Oc1c(-c2ncc(-c3ccc(Cl)cc3)o2)sc2ccccc12. The van der Waals surface area contributed by atoms with Crippen molar-refractivity contribution in [2.24, 2.45) is 0 Å². The number of hydrogen-bond donors (Lipinski definition) is 1. The summed E-state index contributed by atoms with van der Waals surface area (Å²) in [5.74, 6) is 1.28. The molecule has 1 N–H and O–H groups in total. The molecule has 0 amide bonds. The molecule has 2 aromatic carbocycles. The third-order valence-corrected chi connectivity index (χ3v) is 4.80. The van der Waals surface area contributed by atoms with Crippen molar-refractivity contribution >= 4 is 33.0 Å². The third-order valence-electron chi connectivity index (χ3n) is 3.40. The average molecular weight is 328 g/mol. The Bertz CT molecular complexity index is 956. The van der Waals surface area contributed by atoms with E-state index < -0.39 is 0 Å². The summed E-state index contributed by atoms with van der Waals surface area (Å²) in [5, 5.41) is 11.8. The van der Waals surface area contributed by atoms with Crippen LogP contribution in [0, 0.1) is 0 Å². The lowest BCUT2D eigenvalue weighted by Gasteiger charge is -1.96. The summed E-state index contributed by atoms with van der Waals surface area (Å²) in [6, 6.07) is 15.0. The monoisotopic (exact) mass is 327 g/mol. The molecule has 0 radical (unpaired) electrons. The first kappa shape index (κ1) is 13.4. The smallest absolute Gasteiger partial charge is 0.240 e. The molecule has 0 aliphatic rings. The quantitative estimate of drug-likeness (QED) is 0.522. The minimum absolute atomic E-state index is 0.213. The van der Waals surface area contributed by atoms with Gasteiger partial charge in [0, 0.05) is 20.7 Å². The molecule has 0 spiro atoms. The van der Waals surface area contributed by atoms with E-state index in [4.69, 9.17) is 16.0 Å². The molecule has 2 aromatic heterocycles. The van der Waals surface area contributed by atoms with Gasteiger partial charge in [0.1, 0.15) is 10.6 Å². The van der Waals surface area contributed by atoms with E-state index in [1.807, 2.05) is 36.4 Å². The van der Waals surface area contributed by atoms with Crippen molar-refractivity contribution in [2.45, 2.75) is 0 Å². The minimum atomic E-state index is 0.213. The van der Waals surface area contributed by atoms with Crippen LogP contribution >= 0.6 is 22.9 Å². The first-order chi connectivity index (χ1) is 10.7. The summed E-state index contributed by atoms with van der Waals surface area (Å²) < 4.78 is 6.80. The van der Waals surface area contributed by atoms with Crippen molar-refractivity contribution in [3.63, 3.8) is 0 Å². The summed E-state index contributed by atoms with van der Waals surface area (Å²) in [6.07, 6.45) is 1.66. The third kappa shape index (κ3) is 2.17. The minimum Gasteiger partial charge on any atom is -0.506 e. The summed E-state index contributed by atoms with van der Waals surface area (Å²) in [4.78, 5) is 4.93. The molecule has 2 heterocycles. The van der Waals surface area contributed by atoms with Gasteiger partial charge in [-0.05, 0) is 36.4 Å². The highest BCUT2D eigenvalue weighted by Gasteiger charge is 2.17. The summed E-state index contributed by atoms with van der Waals surface area (Å²) in [5.41, 5.74) is 0.892. The number of hydrogen-bond acceptors (Lipinski definition) is 4. The predicted molar refractivity (Wildman–Crippen MR) is 89.4 cm³/mol. The second kappa shape index (κ2) is 5.16. The fourth-order valence-electron chi connectivity index (χ4n) is 2.30. The van der Waals surface area contributed by atoms with E-state index >= 15 is 0 Å². The first-order valence-electron chi connectivity index (χ1n) is 6.65. The van der Waals surface area contributed by atoms with Gasteiger partial charge in [0.15, 0.2) is 5.76 Å². The number of fused-ring (bicyclic) bond motifs is 1. The van der Waals surface area contributed by atoms with Gasteiger partial charge in [-0.1, -0.05) is 23.7 Å². The van der Waals surface area contributed by atoms with Crippen molar-refractivity contribution in [3.05, 3.63) is 59.8 Å². The lowest BCUT2D eigenvalue weighted by Crippen LogP contribution is -1.72. The fourth-order valence-corrected chi connectivity index (χ4v) is 3.46. The summed E-state index contributed by atoms with van der Waals surface area (Å²) in [7, 11) is 0. The number of aromatic nitrogens is 1. The molecule has 0 aliphatic heterocycles. The Morgan fingerprint density at radius 2 is 1.82 bits per heavy atom. The number of halogens is 1. The summed E-state index contributed by atoms with van der Waals surface area (Å²) >= 11 is 7.35. The number of aromatic hydroxyl groups is 1. The summed E-state index contributed by atoms with van der Waals surface area (Å²) in [6.45, 7) is 0. The largest absolute Gasteiger partial charge is 0.506 e. The molecular weight excluding hydrogens is 318 g/mol. The Morgan fingerprint density at radius 1 is 1.05 bits per heavy atom. The van der Waals surface area contributed by atoms with Crippen molar-refractivity contribution in [3.8, 4) is 27.8 Å². The van der Waals surface area contributed by atoms with E-state index in [-0.39, 0.29) is 5.75 Å². The zero-order valence-electron chi connectivity index (χ0n) is 11.3. The molecule has 0 atom stereocenters. The molecule has 4 rings (SSSR count). The molecule has 0 bridgehead atoms. The number of benzene rings is 2. The standard InChI is InChI=1S/C17H10ClNO2S/c18-11-7-5-10(6-8-11)13-9-19-17(21-13)16-15(20)12-3-1-2-4-14(12)22-16/h1-9,20H. The van der Waals surface area contributed by atoms with Crippen molar-refractivity contribution < 1.29 is 9.52 Å². The maximum atomic E-state index is 10.4. The maximum absolute atomic E-state index is 10.4. The van der Waals surface area contributed by atoms with Gasteiger partial charge in [-0.3, -0.25) is 0 Å². The molecule has 0 saturated heterocycles. The average Bonchev–Trinajstić information content (AvgIpc) is 3.14. The number of thiophene rings is 1. The molecule has 108 valence electrons. The Kier molecular flexibility index (Phi) is 3.13. The van der Waals surface area contributed by atoms with Gasteiger partial charge >= 0.3 is 0 Å². The number of rotatable bonds is 2. The van der Waals surface area contributed by atoms with Crippen molar-refractivity contribution in [1.29, 1.82) is 0 Å². The highest BCUT2D eigenvalue weighted by molar-refractivity contribution is 7.22. The van der Waals surface area contributed by atoms with Crippen LogP contribution in [-0.4, -0.2) is 10.1 Å². The van der Waals surface area contributed by atoms with Crippen LogP contribution in [0.3, 0.4) is 0 Å². The fraction of sp³-hybridized carbons (Fsp3) is 0. The maximum Gasteiger partial charge on any atom is 0.240 e. The van der Waals surface area contributed by atoms with Crippen LogP contribution in [0.15, 0.2) is 59.1 Å². The van der Waals surface area contributed by atoms with Gasteiger partial charge in [-0.2, -0.15) is 0 Å². The topological polar surface area (TPSA) is 46.3 Å². The van der Waals surface area contributed by atoms with E-state index in [1.54, 1.807) is 18.3 Å². The van der Waals surface area contributed by atoms with Crippen LogP contribution in [0.25, 0.3) is 32.2 Å². The first-order valence-corrected chi connectivity index (χ1v) is 7.84. The van der Waals surface area contributed by atoms with E-state index in [0.29, 0.717) is 21.6 Å². The van der Waals surface area contributed by atoms with Crippen LogP contribution in [0.5, 0.6) is 5.75 Å². The normalized spacial score (nSPS) is 11.1. The van der Waals surface area contributed by atoms with Gasteiger partial charge in [-0.25, -0.2) is 4.98 Å². The molecule has 0 saturated carbocycles. The molecule has 22 heavy (non-hydrogen) atoms. The predicted octanol–water partition coefficient (Wildman–Crippen LogP) is 5.58. The Hall–Kier alpha value is -2.30. The van der Waals surface area contributed by atoms with Crippen molar-refractivity contribution in [2.75, 3.05) is 0 Å². The van der Waals surface area contributed by atoms with Crippen LogP contribution in [0.4, 0.5) is 0 Å². The second-order valence-corrected chi connectivity index (χ2v) is 6.30. The van der Waals surface area contributed by atoms with E-state index in [1.165, 1.54) is 11.3 Å². The molecule has 5 heteroatoms. The lowest BCUT2D eigenvalue weighted by atomic mass is 10.2. The highest BCUT2D eigenvalue weighted by atomic mass is 35.5. The van der Waals surface area contributed by atoms with Gasteiger partial charge in [-0.15, -0.1) is 11.3 Å². The van der Waals surface area contributed by atoms with Crippen LogP contribution in [-0.2, 0) is 0 Å². The van der Waals surface area contributed by atoms with Crippen LogP contribution < -0.4 is 0 Å². The Morgan fingerprint density at radius 3 is 2.59 bits per heavy atom. The molecule has 0 unspecified atom stereocenters. The van der Waals surface area contributed by atoms with Crippen LogP contribution in [0.2, 0.25) is 5.02 Å². The lowest BCUT2D eigenvalue weighted by molar-refractivity contribution is 0.482. The van der Waals surface area contributed by atoms with Gasteiger partial charge in [0.25, 0.3) is 0 Å². The highest BCUT2D eigenvalue weighted by Crippen LogP contribution is 2.43. The molecule has 3 nitrogen and oxygen atoms in total. The Labute approximate surface area is 135 Å². The van der Waals surface area contributed by atoms with E-state index in [9.17, 15) is 5.11 Å². The Balaban J connectivity index is 1.80. The van der Waals surface area contributed by atoms with Gasteiger partial charge in [0.05, 0.1) is 6.20 Å². The molecule has 0 aliphatic carbocycles. The zero-order chi connectivity index (χ0) is 15.1. The number of oxazole rings is 1. The van der Waals surface area contributed by atoms with E-state index in [0.717, 1.165) is 15.6 Å². The second-order valence-electron chi connectivity index (χ2n) is 4.81. The number of nitrogens with zero attached hydrogens (tertiary/aromatic N) is 1. The van der Waals surface area contributed by atoms with Crippen LogP contribution in [0.1, 0.15) is 0 Å². The van der Waals surface area contributed by atoms with Gasteiger partial charge < -0.3 is 9.52 Å². The van der Waals surface area contributed by atoms with E-state index in [2.05, 4.69) is 4.98 Å². The van der Waals surface area contributed by atoms with Gasteiger partial charge in [0.2, 0.25) is 5.89 Å². The molecule has 0 fully saturated rings. The van der Waals surface area contributed by atoms with Crippen molar-refractivity contribution in [1.82, 2.24) is 4.98 Å². The molecule has 4 aromatic rings. The zero-order valence-corrected chi connectivity index (χ0v) is 12.9.